The Balaban J connectivity index is 1.01. The van der Waals surface area contributed by atoms with Crippen LogP contribution in [0.1, 0.15) is 194 Å². The summed E-state index contributed by atoms with van der Waals surface area (Å²) >= 11 is 0. The second-order valence-electron chi connectivity index (χ2n) is 20.9. The van der Waals surface area contributed by atoms with Gasteiger partial charge in [-0.15, -0.1) is 0 Å². The number of oxime groups is 2. The van der Waals surface area contributed by atoms with Crippen LogP contribution < -0.4 is 9.47 Å². The molecule has 0 bridgehead atoms. The number of Topliss-reactive ketones (excluding diaryl/α,β-unsaturated/α-hetero) is 2. The molecule has 13 heteroatoms. The number of nitrogens with zero attached hydrogens (tertiary/aromatic N) is 4. The molecule has 0 saturated heterocycles. The van der Waals surface area contributed by atoms with Crippen LogP contribution in [-0.4, -0.2) is 60.3 Å². The minimum Gasteiger partial charge on any atom is -0.427 e. The van der Waals surface area contributed by atoms with E-state index in [2.05, 4.69) is 54.1 Å². The number of aromatic nitrogens is 2. The third kappa shape index (κ3) is 14.0. The second-order valence-corrected chi connectivity index (χ2v) is 20.9. The number of unbranched alkanes of at least 4 members (excludes halogenated alkanes) is 5. The first-order valence-corrected chi connectivity index (χ1v) is 28.6. The topological polar surface area (TPSA) is 179 Å². The van der Waals surface area contributed by atoms with Gasteiger partial charge in [-0.3, -0.25) is 24.0 Å². The average molecular weight is 1060 g/mol. The van der Waals surface area contributed by atoms with Gasteiger partial charge < -0.3 is 29.0 Å². The zero-order valence-electron chi connectivity index (χ0n) is 46.6. The molecule has 2 atom stereocenters. The molecule has 2 aromatic heterocycles. The third-order valence-electron chi connectivity index (χ3n) is 15.3. The highest BCUT2D eigenvalue weighted by Gasteiger charge is 2.23. The minimum absolute atomic E-state index is 0.0213. The Morgan fingerprint density at radius 3 is 1.37 bits per heavy atom. The number of ketones is 3. The molecule has 0 radical (unpaired) electrons. The number of hydrogen-bond donors (Lipinski definition) is 2. The van der Waals surface area contributed by atoms with Gasteiger partial charge in [0.25, 0.3) is 0 Å². The average Bonchev–Trinajstić information content (AvgIpc) is 4.13. The quantitative estimate of drug-likeness (QED) is 0.00814. The van der Waals surface area contributed by atoms with Crippen LogP contribution in [0.25, 0.3) is 43.6 Å². The standard InChI is InChI=1S/C65H78N4O9/c1-7-13-17-22-56(67-76)65(74)47-28-35-57-52(38-47)51-33-32-50(40-60(51)69(57)42-44(12-6)20-15-9-3)78-62(71)24-18-23-61(70)77-49-30-25-45(26-31-49)63(72)46-27-34-58-53(37-46)54-39-48(64(73)55(66-75)21-16-10-4)29-36-59(54)68(58)41-43(11-5)19-14-8-2/h25-40,43-44,75-76H,7-24,41-42H2,1-6H3/b66-55+,67-56+. The van der Waals surface area contributed by atoms with Gasteiger partial charge in [-0.2, -0.15) is 0 Å². The normalized spacial score (nSPS) is 12.9. The molecule has 0 fully saturated rings. The van der Waals surface area contributed by atoms with E-state index < -0.39 is 11.9 Å². The van der Waals surface area contributed by atoms with Crippen molar-refractivity contribution in [2.45, 2.75) is 170 Å². The van der Waals surface area contributed by atoms with Gasteiger partial charge in [-0.1, -0.05) is 110 Å². The van der Waals surface area contributed by atoms with E-state index in [1.165, 1.54) is 0 Å². The molecule has 2 heterocycles. The van der Waals surface area contributed by atoms with Crippen molar-refractivity contribution in [2.24, 2.45) is 22.1 Å². The molecule has 2 unspecified atom stereocenters. The molecule has 13 nitrogen and oxygen atoms in total. The van der Waals surface area contributed by atoms with Gasteiger partial charge in [0.2, 0.25) is 11.6 Å². The van der Waals surface area contributed by atoms with Gasteiger partial charge in [0.15, 0.2) is 5.78 Å². The Morgan fingerprint density at radius 2 is 0.872 bits per heavy atom. The van der Waals surface area contributed by atoms with Crippen molar-refractivity contribution in [3.05, 3.63) is 119 Å². The maximum Gasteiger partial charge on any atom is 0.311 e. The van der Waals surface area contributed by atoms with E-state index in [0.717, 1.165) is 140 Å². The fraction of sp³-hybridized carbons (Fsp3) is 0.431. The van der Waals surface area contributed by atoms with Crippen LogP contribution in [0.4, 0.5) is 0 Å². The predicted octanol–water partition coefficient (Wildman–Crippen LogP) is 16.0. The smallest absolute Gasteiger partial charge is 0.311 e. The lowest BCUT2D eigenvalue weighted by Gasteiger charge is -2.17. The Kier molecular flexibility index (Phi) is 21.1. The highest BCUT2D eigenvalue weighted by molar-refractivity contribution is 6.46. The van der Waals surface area contributed by atoms with Crippen LogP contribution in [0.15, 0.2) is 107 Å². The summed E-state index contributed by atoms with van der Waals surface area (Å²) in [6, 6.07) is 28.8. The summed E-state index contributed by atoms with van der Waals surface area (Å²) in [6.07, 6.45) is 13.8. The van der Waals surface area contributed by atoms with Gasteiger partial charge in [0.1, 0.15) is 22.9 Å². The van der Waals surface area contributed by atoms with Crippen molar-refractivity contribution in [2.75, 3.05) is 0 Å². The fourth-order valence-electron chi connectivity index (χ4n) is 10.6. The zero-order chi connectivity index (χ0) is 55.7. The van der Waals surface area contributed by atoms with E-state index in [1.807, 2.05) is 61.5 Å². The monoisotopic (exact) mass is 1060 g/mol. The summed E-state index contributed by atoms with van der Waals surface area (Å²) < 4.78 is 16.0. The first-order chi connectivity index (χ1) is 37.9. The van der Waals surface area contributed by atoms with Gasteiger partial charge in [0.05, 0.1) is 5.52 Å². The summed E-state index contributed by atoms with van der Waals surface area (Å²) in [4.78, 5) is 67.4. The Labute approximate surface area is 458 Å². The molecule has 0 amide bonds. The largest absolute Gasteiger partial charge is 0.427 e. The number of hydrogen-bond acceptors (Lipinski definition) is 11. The molecular formula is C65H78N4O9. The van der Waals surface area contributed by atoms with Crippen molar-refractivity contribution in [1.29, 1.82) is 0 Å². The Bertz CT molecular complexity index is 3310. The molecule has 7 rings (SSSR count). The van der Waals surface area contributed by atoms with Crippen molar-refractivity contribution in [3.8, 4) is 11.5 Å². The van der Waals surface area contributed by atoms with Gasteiger partial charge in [0, 0.05) is 92.3 Å². The number of fused-ring (bicyclic) bond motifs is 6. The lowest BCUT2D eigenvalue weighted by Crippen LogP contribution is -2.14. The van der Waals surface area contributed by atoms with Crippen molar-refractivity contribution in [1.82, 2.24) is 9.13 Å². The van der Waals surface area contributed by atoms with Crippen LogP contribution >= 0.6 is 0 Å². The summed E-state index contributed by atoms with van der Waals surface area (Å²) in [5.41, 5.74) is 5.78. The van der Waals surface area contributed by atoms with Gasteiger partial charge in [-0.05, 0) is 148 Å². The first kappa shape index (κ1) is 58.3. The number of carbonyl (C=O) groups excluding carboxylic acids is 5. The molecule has 0 spiro atoms. The summed E-state index contributed by atoms with van der Waals surface area (Å²) in [7, 11) is 0. The van der Waals surface area contributed by atoms with Crippen LogP contribution in [0, 0.1) is 11.8 Å². The van der Waals surface area contributed by atoms with E-state index in [4.69, 9.17) is 9.47 Å². The number of ether oxygens (including phenoxy) is 2. The molecule has 412 valence electrons. The van der Waals surface area contributed by atoms with E-state index in [-0.39, 0.29) is 53.8 Å². The van der Waals surface area contributed by atoms with Gasteiger partial charge in [-0.25, -0.2) is 0 Å². The third-order valence-corrected chi connectivity index (χ3v) is 15.3. The highest BCUT2D eigenvalue weighted by Crippen LogP contribution is 2.36. The zero-order valence-corrected chi connectivity index (χ0v) is 46.6. The lowest BCUT2D eigenvalue weighted by atomic mass is 9.99. The molecule has 0 aliphatic carbocycles. The van der Waals surface area contributed by atoms with E-state index in [1.54, 1.807) is 42.5 Å². The van der Waals surface area contributed by atoms with Crippen LogP contribution in [0.3, 0.4) is 0 Å². The number of rotatable bonds is 31. The Hall–Kier alpha value is -7.41. The van der Waals surface area contributed by atoms with E-state index in [0.29, 0.717) is 52.7 Å². The molecule has 78 heavy (non-hydrogen) atoms. The highest BCUT2D eigenvalue weighted by atomic mass is 16.5. The molecular weight excluding hydrogens is 981 g/mol. The molecule has 7 aromatic rings. The van der Waals surface area contributed by atoms with E-state index >= 15 is 0 Å². The van der Waals surface area contributed by atoms with Gasteiger partial charge >= 0.3 is 11.9 Å². The molecule has 0 aliphatic rings. The van der Waals surface area contributed by atoms with Crippen molar-refractivity contribution in [3.63, 3.8) is 0 Å². The maximum absolute atomic E-state index is 14.1. The molecule has 2 N–H and O–H groups in total. The molecule has 0 saturated carbocycles. The number of benzene rings is 5. The number of carbonyl (C=O) groups is 5. The van der Waals surface area contributed by atoms with Crippen molar-refractivity contribution < 1.29 is 43.9 Å². The van der Waals surface area contributed by atoms with E-state index in [9.17, 15) is 34.4 Å². The fourth-order valence-corrected chi connectivity index (χ4v) is 10.6. The molecule has 5 aromatic carbocycles. The lowest BCUT2D eigenvalue weighted by molar-refractivity contribution is -0.136. The molecule has 0 aliphatic heterocycles. The SMILES string of the molecule is CCCCC/C(=N\O)C(=O)c1ccc2c(c1)c1ccc(OC(=O)CCCC(=O)Oc3ccc(C(=O)c4ccc5c(c4)c4cc(C(=O)/C(CCCC)=N/O)ccc4n5CC(CC)CCCC)cc3)cc1n2CC(CC)CCCC. The Morgan fingerprint density at radius 1 is 0.436 bits per heavy atom. The first-order valence-electron chi connectivity index (χ1n) is 28.6. The van der Waals surface area contributed by atoms with Crippen LogP contribution in [0.5, 0.6) is 11.5 Å². The minimum atomic E-state index is -0.528. The second kappa shape index (κ2) is 28.3. The summed E-state index contributed by atoms with van der Waals surface area (Å²) in [5.74, 6) is -0.350. The maximum atomic E-state index is 14.1. The van der Waals surface area contributed by atoms with Crippen LogP contribution in [-0.2, 0) is 22.7 Å². The summed E-state index contributed by atoms with van der Waals surface area (Å²) in [5, 5.41) is 29.7. The van der Waals surface area contributed by atoms with Crippen molar-refractivity contribution >= 4 is 84.3 Å². The van der Waals surface area contributed by atoms with Crippen LogP contribution in [0.2, 0.25) is 0 Å². The predicted molar refractivity (Wildman–Crippen MR) is 311 cm³/mol. The number of esters is 2. The summed E-state index contributed by atoms with van der Waals surface area (Å²) in [6.45, 7) is 14.4.